The first-order chi connectivity index (χ1) is 13.2. The molecule has 2 fully saturated rings. The van der Waals surface area contributed by atoms with E-state index >= 15 is 0 Å². The molecule has 6 heteroatoms. The highest BCUT2D eigenvalue weighted by atomic mass is 127. The van der Waals surface area contributed by atoms with E-state index in [2.05, 4.69) is 71.8 Å². The largest absolute Gasteiger partial charge is 0.357 e. The second kappa shape index (κ2) is 12.0. The lowest BCUT2D eigenvalue weighted by molar-refractivity contribution is 0.119. The van der Waals surface area contributed by atoms with Crippen LogP contribution in [0.3, 0.4) is 0 Å². The van der Waals surface area contributed by atoms with Crippen LogP contribution in [0, 0.1) is 0 Å². The molecule has 1 saturated heterocycles. The molecule has 1 aliphatic heterocycles. The minimum Gasteiger partial charge on any atom is -0.357 e. The van der Waals surface area contributed by atoms with E-state index in [9.17, 15) is 0 Å². The van der Waals surface area contributed by atoms with Gasteiger partial charge in [-0.3, -0.25) is 9.89 Å². The van der Waals surface area contributed by atoms with Gasteiger partial charge in [-0.05, 0) is 58.2 Å². The number of hydrogen-bond donors (Lipinski definition) is 2. The standard InChI is InChI=1S/C22H37N5.HI/c1-4-23-22(24-16-21-17-26(2)14-15-27(21)3)25-20-12-10-19(11-13-20)18-8-6-5-7-9-18;/h5-9,19-21H,4,10-17H2,1-3H3,(H2,23,24,25);1H. The summed E-state index contributed by atoms with van der Waals surface area (Å²) < 4.78 is 0. The Balaban J connectivity index is 0.00000280. The van der Waals surface area contributed by atoms with Crippen LogP contribution in [0.25, 0.3) is 0 Å². The van der Waals surface area contributed by atoms with E-state index in [0.717, 1.165) is 44.6 Å². The summed E-state index contributed by atoms with van der Waals surface area (Å²) in [5, 5.41) is 7.15. The third-order valence-corrected chi connectivity index (χ3v) is 6.12. The fourth-order valence-corrected chi connectivity index (χ4v) is 4.30. The zero-order chi connectivity index (χ0) is 19.1. The minimum absolute atomic E-state index is 0. The van der Waals surface area contributed by atoms with Gasteiger partial charge in [-0.1, -0.05) is 30.3 Å². The van der Waals surface area contributed by atoms with E-state index in [1.807, 2.05) is 0 Å². The van der Waals surface area contributed by atoms with Crippen LogP contribution < -0.4 is 10.6 Å². The molecule has 1 aromatic rings. The third kappa shape index (κ3) is 6.88. The normalized spacial score (nSPS) is 27.1. The van der Waals surface area contributed by atoms with Gasteiger partial charge in [0.25, 0.3) is 0 Å². The number of benzene rings is 1. The number of hydrogen-bond acceptors (Lipinski definition) is 3. The zero-order valence-corrected chi connectivity index (χ0v) is 20.1. The highest BCUT2D eigenvalue weighted by Gasteiger charge is 2.24. The van der Waals surface area contributed by atoms with E-state index in [1.165, 1.54) is 31.2 Å². The third-order valence-electron chi connectivity index (χ3n) is 6.12. The second-order valence-corrected chi connectivity index (χ2v) is 8.22. The van der Waals surface area contributed by atoms with Gasteiger partial charge in [0.05, 0.1) is 6.54 Å². The maximum Gasteiger partial charge on any atom is 0.191 e. The molecule has 2 N–H and O–H groups in total. The quantitative estimate of drug-likeness (QED) is 0.371. The van der Waals surface area contributed by atoms with Crippen LogP contribution in [-0.4, -0.2) is 74.7 Å². The molecule has 1 aliphatic carbocycles. The van der Waals surface area contributed by atoms with Crippen LogP contribution in [0.15, 0.2) is 35.3 Å². The summed E-state index contributed by atoms with van der Waals surface area (Å²) in [6.07, 6.45) is 4.96. The molecule has 5 nitrogen and oxygen atoms in total. The van der Waals surface area contributed by atoms with Crippen LogP contribution in [0.4, 0.5) is 0 Å². The fraction of sp³-hybridized carbons (Fsp3) is 0.682. The average molecular weight is 499 g/mol. The van der Waals surface area contributed by atoms with Crippen LogP contribution in [0.1, 0.15) is 44.1 Å². The topological polar surface area (TPSA) is 42.9 Å². The van der Waals surface area contributed by atoms with Crippen molar-refractivity contribution in [2.75, 3.05) is 46.8 Å². The highest BCUT2D eigenvalue weighted by Crippen LogP contribution is 2.32. The number of halogens is 1. The Morgan fingerprint density at radius 1 is 1.07 bits per heavy atom. The van der Waals surface area contributed by atoms with Gasteiger partial charge in [0.2, 0.25) is 0 Å². The molecule has 1 saturated carbocycles. The summed E-state index contributed by atoms with van der Waals surface area (Å²) >= 11 is 0. The van der Waals surface area contributed by atoms with E-state index in [1.54, 1.807) is 0 Å². The first-order valence-corrected chi connectivity index (χ1v) is 10.6. The number of nitrogens with zero attached hydrogens (tertiary/aromatic N) is 3. The Morgan fingerprint density at radius 2 is 1.79 bits per heavy atom. The van der Waals surface area contributed by atoms with E-state index in [0.29, 0.717) is 12.1 Å². The Bertz CT molecular complexity index is 586. The summed E-state index contributed by atoms with van der Waals surface area (Å²) in [7, 11) is 4.43. The number of piperazine rings is 1. The van der Waals surface area contributed by atoms with Gasteiger partial charge < -0.3 is 15.5 Å². The first-order valence-electron chi connectivity index (χ1n) is 10.6. The molecule has 0 bridgehead atoms. The Morgan fingerprint density at radius 3 is 2.46 bits per heavy atom. The molecule has 1 heterocycles. The number of nitrogens with one attached hydrogen (secondary N) is 2. The molecule has 3 rings (SSSR count). The lowest BCUT2D eigenvalue weighted by Crippen LogP contribution is -2.52. The van der Waals surface area contributed by atoms with Crippen molar-refractivity contribution in [1.29, 1.82) is 0 Å². The molecule has 0 spiro atoms. The summed E-state index contributed by atoms with van der Waals surface area (Å²) in [5.74, 6) is 1.71. The van der Waals surface area contributed by atoms with Gasteiger partial charge in [-0.2, -0.15) is 0 Å². The predicted octanol–water partition coefficient (Wildman–Crippen LogP) is 3.13. The predicted molar refractivity (Wildman–Crippen MR) is 130 cm³/mol. The van der Waals surface area contributed by atoms with Gasteiger partial charge in [0, 0.05) is 38.3 Å². The minimum atomic E-state index is 0. The SMILES string of the molecule is CCNC(=NCC1CN(C)CCN1C)NC1CCC(c2ccccc2)CC1.I. The lowest BCUT2D eigenvalue weighted by atomic mass is 9.82. The molecule has 28 heavy (non-hydrogen) atoms. The molecular weight excluding hydrogens is 461 g/mol. The molecule has 1 atom stereocenters. The van der Waals surface area contributed by atoms with Gasteiger partial charge in [0.1, 0.15) is 0 Å². The summed E-state index contributed by atoms with van der Waals surface area (Å²) in [6.45, 7) is 7.29. The molecule has 0 amide bonds. The Labute approximate surface area is 188 Å². The van der Waals surface area contributed by atoms with Crippen LogP contribution in [0.2, 0.25) is 0 Å². The Kier molecular flexibility index (Phi) is 10.0. The maximum absolute atomic E-state index is 4.92. The van der Waals surface area contributed by atoms with E-state index < -0.39 is 0 Å². The smallest absolute Gasteiger partial charge is 0.191 e. The molecule has 158 valence electrons. The van der Waals surface area contributed by atoms with Crippen molar-refractivity contribution in [3.05, 3.63) is 35.9 Å². The van der Waals surface area contributed by atoms with E-state index in [4.69, 9.17) is 4.99 Å². The summed E-state index contributed by atoms with van der Waals surface area (Å²) in [5.41, 5.74) is 1.50. The molecule has 0 aromatic heterocycles. The molecular formula is C22H38IN5. The van der Waals surface area contributed by atoms with Gasteiger partial charge in [-0.15, -0.1) is 24.0 Å². The van der Waals surface area contributed by atoms with Crippen molar-refractivity contribution in [3.63, 3.8) is 0 Å². The van der Waals surface area contributed by atoms with Crippen molar-refractivity contribution in [2.45, 2.75) is 50.6 Å². The van der Waals surface area contributed by atoms with E-state index in [-0.39, 0.29) is 24.0 Å². The van der Waals surface area contributed by atoms with Crippen LogP contribution in [-0.2, 0) is 0 Å². The van der Waals surface area contributed by atoms with Gasteiger partial charge in [0.15, 0.2) is 5.96 Å². The monoisotopic (exact) mass is 499 g/mol. The van der Waals surface area contributed by atoms with Crippen molar-refractivity contribution < 1.29 is 0 Å². The van der Waals surface area contributed by atoms with Crippen molar-refractivity contribution >= 4 is 29.9 Å². The van der Waals surface area contributed by atoms with Gasteiger partial charge in [-0.25, -0.2) is 0 Å². The molecule has 1 unspecified atom stereocenters. The van der Waals surface area contributed by atoms with Crippen molar-refractivity contribution in [2.24, 2.45) is 4.99 Å². The average Bonchev–Trinajstić information content (AvgIpc) is 2.70. The number of aliphatic imine (C=N–C) groups is 1. The fourth-order valence-electron chi connectivity index (χ4n) is 4.30. The van der Waals surface area contributed by atoms with Crippen LogP contribution >= 0.6 is 24.0 Å². The Hall–Kier alpha value is -0.860. The highest BCUT2D eigenvalue weighted by molar-refractivity contribution is 14.0. The van der Waals surface area contributed by atoms with Crippen LogP contribution in [0.5, 0.6) is 0 Å². The number of rotatable bonds is 5. The molecule has 1 aromatic carbocycles. The summed E-state index contributed by atoms with van der Waals surface area (Å²) in [6, 6.07) is 12.0. The van der Waals surface area contributed by atoms with Crippen molar-refractivity contribution in [3.8, 4) is 0 Å². The van der Waals surface area contributed by atoms with Gasteiger partial charge >= 0.3 is 0 Å². The maximum atomic E-state index is 4.92. The molecule has 0 radical (unpaired) electrons. The van der Waals surface area contributed by atoms with Crippen molar-refractivity contribution in [1.82, 2.24) is 20.4 Å². The molecule has 2 aliphatic rings. The number of likely N-dealkylation sites (N-methyl/N-ethyl adjacent to an activating group) is 2. The lowest BCUT2D eigenvalue weighted by Gasteiger charge is -2.37. The first kappa shape index (κ1) is 23.4. The summed E-state index contributed by atoms with van der Waals surface area (Å²) in [4.78, 5) is 9.77. The zero-order valence-electron chi connectivity index (χ0n) is 17.7. The number of guanidine groups is 1. The second-order valence-electron chi connectivity index (χ2n) is 8.22.